The van der Waals surface area contributed by atoms with Crippen LogP contribution in [0.15, 0.2) is 30.3 Å². The quantitative estimate of drug-likeness (QED) is 0.569. The van der Waals surface area contributed by atoms with Crippen LogP contribution in [0.2, 0.25) is 5.02 Å². The van der Waals surface area contributed by atoms with Crippen molar-refractivity contribution in [1.29, 1.82) is 0 Å². The van der Waals surface area contributed by atoms with Crippen LogP contribution < -0.4 is 0 Å². The summed E-state index contributed by atoms with van der Waals surface area (Å²) < 4.78 is 0. The molecule has 0 N–H and O–H groups in total. The molecule has 1 aromatic heterocycles. The monoisotopic (exact) mass is 339 g/mol. The second kappa shape index (κ2) is 6.52. The minimum Gasteiger partial charge on any atom is -0.257 e. The highest BCUT2D eigenvalue weighted by molar-refractivity contribution is 6.30. The fourth-order valence-corrected chi connectivity index (χ4v) is 4.71. The highest BCUT2D eigenvalue weighted by atomic mass is 35.5. The molecule has 0 spiro atoms. The molecule has 2 aliphatic rings. The van der Waals surface area contributed by atoms with Gasteiger partial charge >= 0.3 is 0 Å². The van der Waals surface area contributed by atoms with Gasteiger partial charge < -0.3 is 0 Å². The van der Waals surface area contributed by atoms with Gasteiger partial charge in [0.05, 0.1) is 0 Å². The van der Waals surface area contributed by atoms with Gasteiger partial charge in [-0.2, -0.15) is 0 Å². The maximum Gasteiger partial charge on any atom is 0.0472 e. The van der Waals surface area contributed by atoms with Gasteiger partial charge in [0, 0.05) is 21.8 Å². The predicted octanol–water partition coefficient (Wildman–Crippen LogP) is 6.50. The Labute approximate surface area is 150 Å². The summed E-state index contributed by atoms with van der Waals surface area (Å²) in [6.07, 6.45) is 11.4. The van der Waals surface area contributed by atoms with E-state index in [1.54, 1.807) is 0 Å². The highest BCUT2D eigenvalue weighted by Crippen LogP contribution is 2.42. The first kappa shape index (κ1) is 16.1. The van der Waals surface area contributed by atoms with E-state index < -0.39 is 0 Å². The van der Waals surface area contributed by atoms with Crippen molar-refractivity contribution in [2.75, 3.05) is 0 Å². The van der Waals surface area contributed by atoms with Crippen molar-refractivity contribution in [3.63, 3.8) is 0 Å². The van der Waals surface area contributed by atoms with Crippen molar-refractivity contribution in [2.24, 2.45) is 0 Å². The van der Waals surface area contributed by atoms with Gasteiger partial charge in [-0.1, -0.05) is 49.9 Å². The Morgan fingerprint density at radius 1 is 0.958 bits per heavy atom. The van der Waals surface area contributed by atoms with E-state index in [0.717, 1.165) is 17.9 Å². The second-order valence-corrected chi connectivity index (χ2v) is 8.26. The maximum atomic E-state index is 6.29. The Morgan fingerprint density at radius 3 is 2.54 bits per heavy atom. The largest absolute Gasteiger partial charge is 0.257 e. The van der Waals surface area contributed by atoms with Gasteiger partial charge in [-0.3, -0.25) is 4.98 Å². The lowest BCUT2D eigenvalue weighted by Gasteiger charge is -2.26. The number of rotatable bonds is 2. The first-order chi connectivity index (χ1) is 11.7. The summed E-state index contributed by atoms with van der Waals surface area (Å²) >= 11 is 6.29. The van der Waals surface area contributed by atoms with E-state index in [4.69, 9.17) is 16.6 Å². The summed E-state index contributed by atoms with van der Waals surface area (Å²) in [5.74, 6) is 0. The molecule has 1 aromatic carbocycles. The van der Waals surface area contributed by atoms with Crippen LogP contribution in [0.3, 0.4) is 0 Å². The van der Waals surface area contributed by atoms with Crippen molar-refractivity contribution in [3.05, 3.63) is 52.3 Å². The Morgan fingerprint density at radius 2 is 1.75 bits per heavy atom. The van der Waals surface area contributed by atoms with E-state index in [1.165, 1.54) is 73.0 Å². The van der Waals surface area contributed by atoms with Crippen molar-refractivity contribution >= 4 is 11.6 Å². The molecule has 2 aromatic rings. The van der Waals surface area contributed by atoms with Gasteiger partial charge in [-0.25, -0.2) is 0 Å². The molecular formula is C22H26ClN. The van der Waals surface area contributed by atoms with Crippen LogP contribution in [-0.2, 0) is 18.3 Å². The summed E-state index contributed by atoms with van der Waals surface area (Å²) in [7, 11) is 0. The zero-order chi connectivity index (χ0) is 16.6. The van der Waals surface area contributed by atoms with Crippen LogP contribution in [0.5, 0.6) is 0 Å². The third-order valence-electron chi connectivity index (χ3n) is 6.01. The average molecular weight is 340 g/mol. The minimum atomic E-state index is 0.259. The number of aromatic nitrogens is 1. The summed E-state index contributed by atoms with van der Waals surface area (Å²) in [5.41, 5.74) is 7.04. The maximum absolute atomic E-state index is 6.29. The molecule has 0 aliphatic heterocycles. The summed E-state index contributed by atoms with van der Waals surface area (Å²) in [6, 6.07) is 10.7. The Kier molecular flexibility index (Phi) is 4.39. The van der Waals surface area contributed by atoms with E-state index in [9.17, 15) is 0 Å². The smallest absolute Gasteiger partial charge is 0.0472 e. The van der Waals surface area contributed by atoms with E-state index >= 15 is 0 Å². The lowest BCUT2D eigenvalue weighted by Crippen LogP contribution is -2.20. The fourth-order valence-electron chi connectivity index (χ4n) is 4.52. The molecule has 0 radical (unpaired) electrons. The summed E-state index contributed by atoms with van der Waals surface area (Å²) in [4.78, 5) is 5.20. The molecule has 0 amide bonds. The van der Waals surface area contributed by atoms with Crippen molar-refractivity contribution in [1.82, 2.24) is 4.98 Å². The molecule has 0 bridgehead atoms. The molecule has 24 heavy (non-hydrogen) atoms. The molecule has 2 aliphatic carbocycles. The summed E-state index contributed by atoms with van der Waals surface area (Å²) in [5, 5.41) is 0.820. The molecule has 0 unspecified atom stereocenters. The number of halogens is 1. The van der Waals surface area contributed by atoms with Gasteiger partial charge in [0.25, 0.3) is 0 Å². The molecule has 0 saturated heterocycles. The number of fused-ring (bicyclic) bond motifs is 1. The Bertz CT molecular complexity index is 744. The molecule has 1 fully saturated rings. The fraction of sp³-hybridized carbons (Fsp3) is 0.500. The second-order valence-electron chi connectivity index (χ2n) is 7.82. The normalized spacial score (nSPS) is 19.8. The minimum absolute atomic E-state index is 0.259. The molecule has 1 heterocycles. The Balaban J connectivity index is 1.89. The molecule has 1 saturated carbocycles. The lowest BCUT2D eigenvalue weighted by molar-refractivity contribution is 0.473. The standard InChI is InChI=1S/C22H26ClN/c1-22(12-5-6-13-22)21-15-19(16-8-7-9-17(23)14-16)18-10-3-2-4-11-20(18)24-21/h7-9,14-15H,2-6,10-13H2,1H3. The zero-order valence-corrected chi connectivity index (χ0v) is 15.3. The average Bonchev–Trinajstić information content (AvgIpc) is 2.89. The van der Waals surface area contributed by atoms with Crippen LogP contribution in [0.1, 0.15) is 68.8 Å². The number of hydrogen-bond donors (Lipinski definition) is 0. The molecule has 2 heteroatoms. The van der Waals surface area contributed by atoms with Gasteiger partial charge in [-0.05, 0) is 73.4 Å². The van der Waals surface area contributed by atoms with E-state index in [2.05, 4.69) is 31.2 Å². The van der Waals surface area contributed by atoms with Crippen molar-refractivity contribution in [3.8, 4) is 11.1 Å². The molecular weight excluding hydrogens is 314 g/mol. The number of hydrogen-bond acceptors (Lipinski definition) is 1. The van der Waals surface area contributed by atoms with E-state index in [-0.39, 0.29) is 5.41 Å². The lowest BCUT2D eigenvalue weighted by atomic mass is 9.82. The van der Waals surface area contributed by atoms with Gasteiger partial charge in [-0.15, -0.1) is 0 Å². The van der Waals surface area contributed by atoms with Crippen molar-refractivity contribution < 1.29 is 0 Å². The predicted molar refractivity (Wildman–Crippen MR) is 102 cm³/mol. The zero-order valence-electron chi connectivity index (χ0n) is 14.6. The molecule has 4 rings (SSSR count). The third kappa shape index (κ3) is 2.99. The molecule has 126 valence electrons. The van der Waals surface area contributed by atoms with E-state index in [1.807, 2.05) is 6.07 Å². The first-order valence-electron chi connectivity index (χ1n) is 9.45. The van der Waals surface area contributed by atoms with Crippen LogP contribution >= 0.6 is 11.6 Å². The van der Waals surface area contributed by atoms with Crippen LogP contribution in [0.25, 0.3) is 11.1 Å². The topological polar surface area (TPSA) is 12.9 Å². The number of benzene rings is 1. The first-order valence-corrected chi connectivity index (χ1v) is 9.83. The van der Waals surface area contributed by atoms with Crippen molar-refractivity contribution in [2.45, 2.75) is 70.1 Å². The Hall–Kier alpha value is -1.34. The van der Waals surface area contributed by atoms with Crippen LogP contribution in [-0.4, -0.2) is 4.98 Å². The van der Waals surface area contributed by atoms with Crippen LogP contribution in [0, 0.1) is 0 Å². The van der Waals surface area contributed by atoms with Gasteiger partial charge in [0.15, 0.2) is 0 Å². The third-order valence-corrected chi connectivity index (χ3v) is 6.25. The number of pyridine rings is 1. The number of aryl methyl sites for hydroxylation is 1. The van der Waals surface area contributed by atoms with E-state index in [0.29, 0.717) is 0 Å². The molecule has 1 nitrogen and oxygen atoms in total. The summed E-state index contributed by atoms with van der Waals surface area (Å²) in [6.45, 7) is 2.41. The SMILES string of the molecule is CC1(c2cc(-c3cccc(Cl)c3)c3c(n2)CCCCC3)CCCC1. The van der Waals surface area contributed by atoms with Gasteiger partial charge in [0.1, 0.15) is 0 Å². The number of nitrogens with zero attached hydrogens (tertiary/aromatic N) is 1. The highest BCUT2D eigenvalue weighted by Gasteiger charge is 2.33. The van der Waals surface area contributed by atoms with Crippen LogP contribution in [0.4, 0.5) is 0 Å². The van der Waals surface area contributed by atoms with Gasteiger partial charge in [0.2, 0.25) is 0 Å². The molecule has 0 atom stereocenters.